The monoisotopic (exact) mass is 511 g/mol. The van der Waals surface area contributed by atoms with Crippen LogP contribution in [0.2, 0.25) is 0 Å². The Balaban J connectivity index is 1.17. The molecule has 0 spiro atoms. The largest absolute Gasteiger partial charge is 0.491 e. The lowest BCUT2D eigenvalue weighted by Gasteiger charge is -2.37. The summed E-state index contributed by atoms with van der Waals surface area (Å²) >= 11 is 0. The third-order valence-corrected chi connectivity index (χ3v) is 7.02. The third kappa shape index (κ3) is 6.71. The fourth-order valence-electron chi connectivity index (χ4n) is 4.97. The van der Waals surface area contributed by atoms with Gasteiger partial charge in [-0.25, -0.2) is 4.79 Å². The molecule has 6 nitrogen and oxygen atoms in total. The van der Waals surface area contributed by atoms with Gasteiger partial charge in [0.2, 0.25) is 0 Å². The standard InChI is InChI=1S/C32H33NO5/c34-32(35)33-17-16-30(31(21-33)38-23-25-10-11-26-8-4-5-9-28(26)20-25)27-12-14-29(15-13-27)37-19-18-36-22-24-6-2-1-3-7-24/h1-15,20,30-31H,16-19,21-23H2,(H,34,35). The normalized spacial score (nSPS) is 17.4. The Hall–Kier alpha value is -3.87. The van der Waals surface area contributed by atoms with Crippen molar-refractivity contribution in [3.63, 3.8) is 0 Å². The number of rotatable bonds is 10. The van der Waals surface area contributed by atoms with Crippen molar-refractivity contribution in [3.8, 4) is 5.75 Å². The van der Waals surface area contributed by atoms with Gasteiger partial charge in [-0.3, -0.25) is 0 Å². The average Bonchev–Trinajstić information content (AvgIpc) is 2.96. The number of piperidine rings is 1. The molecule has 0 saturated carbocycles. The van der Waals surface area contributed by atoms with Crippen molar-refractivity contribution in [2.24, 2.45) is 0 Å². The van der Waals surface area contributed by atoms with Crippen molar-refractivity contribution in [2.75, 3.05) is 26.3 Å². The Kier molecular flexibility index (Phi) is 8.53. The summed E-state index contributed by atoms with van der Waals surface area (Å²) in [5.74, 6) is 0.892. The second kappa shape index (κ2) is 12.6. The average molecular weight is 512 g/mol. The second-order valence-corrected chi connectivity index (χ2v) is 9.61. The number of amides is 1. The van der Waals surface area contributed by atoms with Crippen LogP contribution in [0.1, 0.15) is 29.0 Å². The minimum absolute atomic E-state index is 0.106. The van der Waals surface area contributed by atoms with Crippen molar-refractivity contribution < 1.29 is 24.1 Å². The highest BCUT2D eigenvalue weighted by atomic mass is 16.5. The van der Waals surface area contributed by atoms with Crippen LogP contribution in [0.4, 0.5) is 4.79 Å². The van der Waals surface area contributed by atoms with Gasteiger partial charge in [0.1, 0.15) is 12.4 Å². The molecule has 4 aromatic carbocycles. The number of fused-ring (bicyclic) bond motifs is 1. The van der Waals surface area contributed by atoms with Gasteiger partial charge in [0, 0.05) is 12.5 Å². The van der Waals surface area contributed by atoms with Crippen LogP contribution in [0.25, 0.3) is 10.8 Å². The molecule has 38 heavy (non-hydrogen) atoms. The third-order valence-electron chi connectivity index (χ3n) is 7.02. The summed E-state index contributed by atoms with van der Waals surface area (Å²) < 4.78 is 17.9. The molecular formula is C32H33NO5. The quantitative estimate of drug-likeness (QED) is 0.247. The predicted octanol–water partition coefficient (Wildman–Crippen LogP) is 6.49. The second-order valence-electron chi connectivity index (χ2n) is 9.61. The van der Waals surface area contributed by atoms with Crippen LogP contribution < -0.4 is 4.74 Å². The molecule has 196 valence electrons. The molecule has 1 aliphatic rings. The molecule has 2 atom stereocenters. The van der Waals surface area contributed by atoms with E-state index in [2.05, 4.69) is 42.5 Å². The van der Waals surface area contributed by atoms with E-state index in [1.807, 2.05) is 54.6 Å². The topological polar surface area (TPSA) is 68.2 Å². The van der Waals surface area contributed by atoms with E-state index in [1.165, 1.54) is 15.7 Å². The molecule has 0 bridgehead atoms. The van der Waals surface area contributed by atoms with Gasteiger partial charge in [-0.05, 0) is 52.1 Å². The number of ether oxygens (including phenoxy) is 3. The van der Waals surface area contributed by atoms with Crippen molar-refractivity contribution in [2.45, 2.75) is 31.7 Å². The van der Waals surface area contributed by atoms with E-state index >= 15 is 0 Å². The van der Waals surface area contributed by atoms with Crippen molar-refractivity contribution in [3.05, 3.63) is 114 Å². The number of carboxylic acid groups (broad SMARTS) is 1. The molecule has 1 amide bonds. The number of likely N-dealkylation sites (tertiary alicyclic amines) is 1. The van der Waals surface area contributed by atoms with Gasteiger partial charge in [-0.2, -0.15) is 0 Å². The van der Waals surface area contributed by atoms with Crippen LogP contribution in [0.5, 0.6) is 5.75 Å². The number of nitrogens with zero attached hydrogens (tertiary/aromatic N) is 1. The molecule has 1 N–H and O–H groups in total. The first-order chi connectivity index (χ1) is 18.7. The van der Waals surface area contributed by atoms with E-state index in [9.17, 15) is 9.90 Å². The zero-order valence-electron chi connectivity index (χ0n) is 21.4. The first kappa shape index (κ1) is 25.8. The van der Waals surface area contributed by atoms with Gasteiger partial charge in [0.05, 0.1) is 32.5 Å². The van der Waals surface area contributed by atoms with Gasteiger partial charge in [-0.15, -0.1) is 0 Å². The van der Waals surface area contributed by atoms with E-state index in [0.717, 1.165) is 22.4 Å². The van der Waals surface area contributed by atoms with Crippen molar-refractivity contribution in [1.82, 2.24) is 4.90 Å². The van der Waals surface area contributed by atoms with E-state index < -0.39 is 6.09 Å². The molecule has 1 aliphatic heterocycles. The van der Waals surface area contributed by atoms with Gasteiger partial charge in [0.25, 0.3) is 0 Å². The lowest BCUT2D eigenvalue weighted by atomic mass is 9.87. The summed E-state index contributed by atoms with van der Waals surface area (Å²) in [6.07, 6.45) is -0.423. The van der Waals surface area contributed by atoms with E-state index in [4.69, 9.17) is 14.2 Å². The Morgan fingerprint density at radius 3 is 2.37 bits per heavy atom. The zero-order valence-corrected chi connectivity index (χ0v) is 21.4. The van der Waals surface area contributed by atoms with Crippen LogP contribution in [-0.4, -0.2) is 48.5 Å². The summed E-state index contributed by atoms with van der Waals surface area (Å²) in [4.78, 5) is 13.1. The summed E-state index contributed by atoms with van der Waals surface area (Å²) in [5, 5.41) is 11.9. The Bertz CT molecular complexity index is 1320. The van der Waals surface area contributed by atoms with E-state index in [-0.39, 0.29) is 12.0 Å². The first-order valence-corrected chi connectivity index (χ1v) is 13.1. The first-order valence-electron chi connectivity index (χ1n) is 13.1. The molecule has 1 saturated heterocycles. The molecular weight excluding hydrogens is 478 g/mol. The molecule has 2 unspecified atom stereocenters. The smallest absolute Gasteiger partial charge is 0.407 e. The maximum Gasteiger partial charge on any atom is 0.407 e. The molecule has 4 aromatic rings. The van der Waals surface area contributed by atoms with Crippen molar-refractivity contribution in [1.29, 1.82) is 0 Å². The Morgan fingerprint density at radius 2 is 1.58 bits per heavy atom. The summed E-state index contributed by atoms with van der Waals surface area (Å²) in [6.45, 7) is 2.83. The molecule has 0 aliphatic carbocycles. The van der Waals surface area contributed by atoms with E-state index in [1.54, 1.807) is 0 Å². The number of carbonyl (C=O) groups is 1. The van der Waals surface area contributed by atoms with Crippen LogP contribution in [0, 0.1) is 0 Å². The van der Waals surface area contributed by atoms with Crippen molar-refractivity contribution >= 4 is 16.9 Å². The van der Waals surface area contributed by atoms with Gasteiger partial charge in [-0.1, -0.05) is 78.9 Å². The Labute approximate surface area is 223 Å². The number of hydrogen-bond donors (Lipinski definition) is 1. The SMILES string of the molecule is O=C(O)N1CCC(c2ccc(OCCOCc3ccccc3)cc2)C(OCc2ccc3ccccc3c2)C1. The van der Waals surface area contributed by atoms with Crippen LogP contribution >= 0.6 is 0 Å². The predicted molar refractivity (Wildman–Crippen MR) is 148 cm³/mol. The molecule has 6 heteroatoms. The number of benzene rings is 4. The van der Waals surface area contributed by atoms with Crippen LogP contribution in [0.15, 0.2) is 97.1 Å². The molecule has 1 heterocycles. The van der Waals surface area contributed by atoms with E-state index in [0.29, 0.717) is 45.9 Å². The minimum atomic E-state index is -0.902. The maximum atomic E-state index is 11.7. The van der Waals surface area contributed by atoms with Gasteiger partial charge < -0.3 is 24.2 Å². The lowest BCUT2D eigenvalue weighted by molar-refractivity contribution is -0.0199. The molecule has 5 rings (SSSR count). The Morgan fingerprint density at radius 1 is 0.816 bits per heavy atom. The maximum absolute atomic E-state index is 11.7. The highest BCUT2D eigenvalue weighted by Gasteiger charge is 2.33. The lowest BCUT2D eigenvalue weighted by Crippen LogP contribution is -2.46. The van der Waals surface area contributed by atoms with Crippen LogP contribution in [0.3, 0.4) is 0 Å². The molecule has 1 fully saturated rings. The molecule has 0 radical (unpaired) electrons. The van der Waals surface area contributed by atoms with Gasteiger partial charge in [0.15, 0.2) is 0 Å². The fourth-order valence-corrected chi connectivity index (χ4v) is 4.97. The number of hydrogen-bond acceptors (Lipinski definition) is 4. The summed E-state index contributed by atoms with van der Waals surface area (Å²) in [7, 11) is 0. The van der Waals surface area contributed by atoms with Crippen LogP contribution in [-0.2, 0) is 22.7 Å². The summed E-state index contributed by atoms with van der Waals surface area (Å²) in [6, 6.07) is 32.7. The zero-order chi connectivity index (χ0) is 26.2. The highest BCUT2D eigenvalue weighted by Crippen LogP contribution is 2.32. The fraction of sp³-hybridized carbons (Fsp3) is 0.281. The molecule has 0 aromatic heterocycles. The minimum Gasteiger partial charge on any atom is -0.491 e. The van der Waals surface area contributed by atoms with Gasteiger partial charge >= 0.3 is 6.09 Å². The highest BCUT2D eigenvalue weighted by molar-refractivity contribution is 5.82. The summed E-state index contributed by atoms with van der Waals surface area (Å²) in [5.41, 5.74) is 3.35.